The van der Waals surface area contributed by atoms with Crippen LogP contribution in [0.4, 0.5) is 14.5 Å². The predicted octanol–water partition coefficient (Wildman–Crippen LogP) is 2.74. The normalized spacial score (nSPS) is 12.3. The number of ether oxygens (including phenoxy) is 1. The number of benzene rings is 1. The summed E-state index contributed by atoms with van der Waals surface area (Å²) in [5.41, 5.74) is 6.21. The summed E-state index contributed by atoms with van der Waals surface area (Å²) in [6, 6.07) is 5.14. The maximum atomic E-state index is 11.9. The summed E-state index contributed by atoms with van der Waals surface area (Å²) in [6.07, 6.45) is 2.48. The number of hydrogen-bond acceptors (Lipinski definition) is 3. The van der Waals surface area contributed by atoms with Gasteiger partial charge in [-0.3, -0.25) is 4.79 Å². The second-order valence-corrected chi connectivity index (χ2v) is 4.14. The third-order valence-corrected chi connectivity index (χ3v) is 2.55. The van der Waals surface area contributed by atoms with E-state index in [-0.39, 0.29) is 11.7 Å². The van der Waals surface area contributed by atoms with Gasteiger partial charge in [0.2, 0.25) is 5.91 Å². The fourth-order valence-corrected chi connectivity index (χ4v) is 1.51. The Morgan fingerprint density at radius 3 is 2.53 bits per heavy atom. The third kappa shape index (κ3) is 5.65. The van der Waals surface area contributed by atoms with E-state index in [0.717, 1.165) is 12.8 Å². The number of alkyl halides is 2. The first-order chi connectivity index (χ1) is 9.02. The van der Waals surface area contributed by atoms with Crippen LogP contribution < -0.4 is 15.8 Å². The van der Waals surface area contributed by atoms with Crippen LogP contribution >= 0.6 is 0 Å². The Labute approximate surface area is 110 Å². The number of anilines is 1. The number of nitrogens with one attached hydrogen (secondary N) is 1. The van der Waals surface area contributed by atoms with E-state index in [1.807, 2.05) is 6.92 Å². The molecule has 0 aliphatic carbocycles. The molecule has 0 unspecified atom stereocenters. The first-order valence-electron chi connectivity index (χ1n) is 6.14. The Kier molecular flexibility index (Phi) is 6.21. The van der Waals surface area contributed by atoms with Gasteiger partial charge in [-0.25, -0.2) is 0 Å². The zero-order valence-corrected chi connectivity index (χ0v) is 10.7. The molecule has 1 rings (SSSR count). The monoisotopic (exact) mass is 272 g/mol. The molecule has 0 radical (unpaired) electrons. The SMILES string of the molecule is CCCC[C@H](N)C(=O)Nc1ccc(OC(F)F)cc1. The standard InChI is InChI=1S/C13H18F2N2O2/c1-2-3-4-11(16)12(18)17-9-5-7-10(8-6-9)19-13(14)15/h5-8,11,13H,2-4,16H2,1H3,(H,17,18)/t11-/m0/s1. The van der Waals surface area contributed by atoms with Gasteiger partial charge in [0.25, 0.3) is 0 Å². The first kappa shape index (κ1) is 15.4. The Morgan fingerprint density at radius 1 is 1.37 bits per heavy atom. The molecule has 1 aromatic carbocycles. The summed E-state index contributed by atoms with van der Waals surface area (Å²) in [6.45, 7) is -0.838. The van der Waals surface area contributed by atoms with E-state index in [2.05, 4.69) is 10.1 Å². The van der Waals surface area contributed by atoms with Crippen LogP contribution in [0.5, 0.6) is 5.75 Å². The molecule has 1 atom stereocenters. The number of hydrogen-bond donors (Lipinski definition) is 2. The Balaban J connectivity index is 2.50. The summed E-state index contributed by atoms with van der Waals surface area (Å²) < 4.78 is 28.1. The van der Waals surface area contributed by atoms with Gasteiger partial charge < -0.3 is 15.8 Å². The molecule has 0 aliphatic rings. The van der Waals surface area contributed by atoms with E-state index < -0.39 is 12.7 Å². The largest absolute Gasteiger partial charge is 0.435 e. The average molecular weight is 272 g/mol. The Hall–Kier alpha value is -1.69. The zero-order chi connectivity index (χ0) is 14.3. The fourth-order valence-electron chi connectivity index (χ4n) is 1.51. The molecule has 6 heteroatoms. The molecular weight excluding hydrogens is 254 g/mol. The van der Waals surface area contributed by atoms with Crippen LogP contribution in [-0.2, 0) is 4.79 Å². The van der Waals surface area contributed by atoms with Gasteiger partial charge in [-0.2, -0.15) is 8.78 Å². The summed E-state index contributed by atoms with van der Waals surface area (Å²) in [5.74, 6) is -0.237. The average Bonchev–Trinajstić information content (AvgIpc) is 2.37. The van der Waals surface area contributed by atoms with E-state index in [9.17, 15) is 13.6 Å². The lowest BCUT2D eigenvalue weighted by Gasteiger charge is -2.12. The summed E-state index contributed by atoms with van der Waals surface area (Å²) >= 11 is 0. The minimum Gasteiger partial charge on any atom is -0.435 e. The van der Waals surface area contributed by atoms with Crippen molar-refractivity contribution in [2.75, 3.05) is 5.32 Å². The number of nitrogens with two attached hydrogens (primary N) is 1. The Morgan fingerprint density at radius 2 is 2.00 bits per heavy atom. The minimum absolute atomic E-state index is 0.0447. The highest BCUT2D eigenvalue weighted by atomic mass is 19.3. The van der Waals surface area contributed by atoms with Gasteiger partial charge in [-0.15, -0.1) is 0 Å². The number of amides is 1. The van der Waals surface area contributed by atoms with Gasteiger partial charge in [0.15, 0.2) is 0 Å². The van der Waals surface area contributed by atoms with Crippen LogP contribution in [0.25, 0.3) is 0 Å². The lowest BCUT2D eigenvalue weighted by Crippen LogP contribution is -2.35. The van der Waals surface area contributed by atoms with Crippen molar-refractivity contribution in [1.82, 2.24) is 0 Å². The molecule has 0 aromatic heterocycles. The third-order valence-electron chi connectivity index (χ3n) is 2.55. The summed E-state index contributed by atoms with van der Waals surface area (Å²) in [5, 5.41) is 2.62. The fraction of sp³-hybridized carbons (Fsp3) is 0.462. The maximum absolute atomic E-state index is 11.9. The lowest BCUT2D eigenvalue weighted by atomic mass is 10.1. The molecule has 1 amide bonds. The van der Waals surface area contributed by atoms with Crippen molar-refractivity contribution in [2.24, 2.45) is 5.73 Å². The number of carbonyl (C=O) groups is 1. The molecule has 0 bridgehead atoms. The van der Waals surface area contributed by atoms with Crippen LogP contribution in [0.2, 0.25) is 0 Å². The van der Waals surface area contributed by atoms with Crippen LogP contribution in [0.15, 0.2) is 24.3 Å². The number of carbonyl (C=O) groups excluding carboxylic acids is 1. The quantitative estimate of drug-likeness (QED) is 0.802. The molecule has 0 saturated carbocycles. The second-order valence-electron chi connectivity index (χ2n) is 4.14. The minimum atomic E-state index is -2.86. The lowest BCUT2D eigenvalue weighted by molar-refractivity contribution is -0.117. The van der Waals surface area contributed by atoms with Gasteiger partial charge in [0.05, 0.1) is 6.04 Å². The van der Waals surface area contributed by atoms with Crippen LogP contribution in [-0.4, -0.2) is 18.6 Å². The van der Waals surface area contributed by atoms with Crippen molar-refractivity contribution >= 4 is 11.6 Å². The molecule has 0 fully saturated rings. The molecule has 1 aromatic rings. The molecule has 0 spiro atoms. The smallest absolute Gasteiger partial charge is 0.387 e. The Bertz CT molecular complexity index is 396. The highest BCUT2D eigenvalue weighted by molar-refractivity contribution is 5.94. The molecule has 106 valence electrons. The number of halogens is 2. The molecule has 0 heterocycles. The van der Waals surface area contributed by atoms with Gasteiger partial charge in [0, 0.05) is 5.69 Å². The van der Waals surface area contributed by atoms with E-state index in [4.69, 9.17) is 5.73 Å². The van der Waals surface area contributed by atoms with Crippen LogP contribution in [0.1, 0.15) is 26.2 Å². The maximum Gasteiger partial charge on any atom is 0.387 e. The van der Waals surface area contributed by atoms with Gasteiger partial charge in [-0.05, 0) is 30.7 Å². The van der Waals surface area contributed by atoms with Crippen LogP contribution in [0, 0.1) is 0 Å². The molecule has 0 aliphatic heterocycles. The topological polar surface area (TPSA) is 64.4 Å². The van der Waals surface area contributed by atoms with Crippen molar-refractivity contribution < 1.29 is 18.3 Å². The van der Waals surface area contributed by atoms with Gasteiger partial charge >= 0.3 is 6.61 Å². The molecule has 0 saturated heterocycles. The molecular formula is C13H18F2N2O2. The highest BCUT2D eigenvalue weighted by Crippen LogP contribution is 2.17. The number of rotatable bonds is 7. The number of unbranched alkanes of at least 4 members (excludes halogenated alkanes) is 1. The van der Waals surface area contributed by atoms with Crippen molar-refractivity contribution in [3.05, 3.63) is 24.3 Å². The van der Waals surface area contributed by atoms with Crippen molar-refractivity contribution in [1.29, 1.82) is 0 Å². The van der Waals surface area contributed by atoms with E-state index >= 15 is 0 Å². The van der Waals surface area contributed by atoms with Crippen molar-refractivity contribution in [2.45, 2.75) is 38.8 Å². The molecule has 3 N–H and O–H groups in total. The highest BCUT2D eigenvalue weighted by Gasteiger charge is 2.12. The summed E-state index contributed by atoms with van der Waals surface area (Å²) in [7, 11) is 0. The van der Waals surface area contributed by atoms with Gasteiger partial charge in [-0.1, -0.05) is 19.8 Å². The van der Waals surface area contributed by atoms with Crippen molar-refractivity contribution in [3.63, 3.8) is 0 Å². The summed E-state index contributed by atoms with van der Waals surface area (Å²) in [4.78, 5) is 11.7. The second kappa shape index (κ2) is 7.68. The van der Waals surface area contributed by atoms with Crippen LogP contribution in [0.3, 0.4) is 0 Å². The first-order valence-corrected chi connectivity index (χ1v) is 6.14. The zero-order valence-electron chi connectivity index (χ0n) is 10.7. The van der Waals surface area contributed by atoms with Gasteiger partial charge in [0.1, 0.15) is 5.75 Å². The molecule has 19 heavy (non-hydrogen) atoms. The van der Waals surface area contributed by atoms with E-state index in [1.54, 1.807) is 0 Å². The molecule has 4 nitrogen and oxygen atoms in total. The van der Waals surface area contributed by atoms with Crippen molar-refractivity contribution in [3.8, 4) is 5.75 Å². The van der Waals surface area contributed by atoms with E-state index in [0.29, 0.717) is 12.1 Å². The predicted molar refractivity (Wildman–Crippen MR) is 69.2 cm³/mol. The van der Waals surface area contributed by atoms with E-state index in [1.165, 1.54) is 24.3 Å².